The van der Waals surface area contributed by atoms with Gasteiger partial charge in [0.15, 0.2) is 0 Å². The van der Waals surface area contributed by atoms with Crippen molar-refractivity contribution in [2.75, 3.05) is 0 Å². The van der Waals surface area contributed by atoms with Gasteiger partial charge in [0.05, 0.1) is 5.60 Å². The summed E-state index contributed by atoms with van der Waals surface area (Å²) >= 11 is 0. The summed E-state index contributed by atoms with van der Waals surface area (Å²) in [4.78, 5) is 0. The molecule has 1 rings (SSSR count). The molecular formula is C12H16F2O2. The minimum absolute atomic E-state index is 0.166. The Kier molecular flexibility index (Phi) is 3.86. The van der Waals surface area contributed by atoms with Crippen molar-refractivity contribution in [1.82, 2.24) is 0 Å². The lowest BCUT2D eigenvalue weighted by Crippen LogP contribution is -2.22. The van der Waals surface area contributed by atoms with E-state index in [4.69, 9.17) is 0 Å². The topological polar surface area (TPSA) is 29.5 Å². The normalized spacial score (nSPS) is 11.9. The number of rotatable bonds is 4. The first kappa shape index (κ1) is 12.9. The molecule has 90 valence electrons. The molecule has 1 N–H and O–H groups in total. The molecule has 0 spiro atoms. The van der Waals surface area contributed by atoms with E-state index in [1.807, 2.05) is 0 Å². The van der Waals surface area contributed by atoms with Gasteiger partial charge in [0.2, 0.25) is 0 Å². The fourth-order valence-corrected chi connectivity index (χ4v) is 1.58. The Morgan fingerprint density at radius 3 is 2.50 bits per heavy atom. The lowest BCUT2D eigenvalue weighted by Gasteiger charge is -2.20. The van der Waals surface area contributed by atoms with Gasteiger partial charge in [0, 0.05) is 6.42 Å². The van der Waals surface area contributed by atoms with Crippen molar-refractivity contribution in [2.24, 2.45) is 0 Å². The molecule has 0 atom stereocenters. The summed E-state index contributed by atoms with van der Waals surface area (Å²) in [6, 6.07) is 5.14. The van der Waals surface area contributed by atoms with Crippen LogP contribution in [-0.2, 0) is 6.42 Å². The van der Waals surface area contributed by atoms with E-state index in [9.17, 15) is 13.9 Å². The Hall–Kier alpha value is -1.16. The van der Waals surface area contributed by atoms with Crippen LogP contribution in [0.4, 0.5) is 8.78 Å². The van der Waals surface area contributed by atoms with Gasteiger partial charge in [-0.15, -0.1) is 0 Å². The minimum atomic E-state index is -2.85. The maximum absolute atomic E-state index is 12.2. The zero-order valence-corrected chi connectivity index (χ0v) is 9.63. The molecule has 0 amide bonds. The first-order valence-electron chi connectivity index (χ1n) is 5.05. The lowest BCUT2D eigenvalue weighted by atomic mass is 9.96. The third-order valence-electron chi connectivity index (χ3n) is 2.12. The Morgan fingerprint density at radius 1 is 1.38 bits per heavy atom. The van der Waals surface area contributed by atoms with Crippen LogP contribution < -0.4 is 4.74 Å². The number of hydrogen-bond donors (Lipinski definition) is 1. The van der Waals surface area contributed by atoms with E-state index in [2.05, 4.69) is 4.74 Å². The fraction of sp³-hybridized carbons (Fsp3) is 0.500. The number of aliphatic hydroxyl groups is 1. The summed E-state index contributed by atoms with van der Waals surface area (Å²) in [6.45, 7) is 2.11. The number of benzene rings is 1. The Labute approximate surface area is 93.9 Å². The second-order valence-electron chi connectivity index (χ2n) is 4.43. The third kappa shape index (κ3) is 3.77. The van der Waals surface area contributed by atoms with Crippen molar-refractivity contribution in [2.45, 2.75) is 39.4 Å². The van der Waals surface area contributed by atoms with Gasteiger partial charge in [-0.3, -0.25) is 0 Å². The van der Waals surface area contributed by atoms with Gasteiger partial charge in [0.1, 0.15) is 5.75 Å². The van der Waals surface area contributed by atoms with Crippen molar-refractivity contribution in [3.05, 3.63) is 29.3 Å². The van der Waals surface area contributed by atoms with Crippen LogP contribution in [0.25, 0.3) is 0 Å². The summed E-state index contributed by atoms with van der Waals surface area (Å²) < 4.78 is 28.9. The van der Waals surface area contributed by atoms with Crippen molar-refractivity contribution < 1.29 is 18.6 Å². The highest BCUT2D eigenvalue weighted by molar-refractivity contribution is 5.41. The number of para-hydroxylation sites is 1. The number of aryl methyl sites for hydroxylation is 1. The predicted octanol–water partition coefficient (Wildman–Crippen LogP) is 2.91. The zero-order chi connectivity index (χ0) is 12.3. The number of alkyl halides is 2. The van der Waals surface area contributed by atoms with Crippen LogP contribution in [0.2, 0.25) is 0 Å². The molecule has 0 aliphatic heterocycles. The summed E-state index contributed by atoms with van der Waals surface area (Å²) in [5.74, 6) is 0.166. The Morgan fingerprint density at radius 2 is 2.00 bits per heavy atom. The summed E-state index contributed by atoms with van der Waals surface area (Å²) in [5, 5.41) is 9.68. The lowest BCUT2D eigenvalue weighted by molar-refractivity contribution is -0.0515. The number of hydrogen-bond acceptors (Lipinski definition) is 2. The van der Waals surface area contributed by atoms with E-state index in [0.717, 1.165) is 0 Å². The van der Waals surface area contributed by atoms with Crippen LogP contribution in [0.15, 0.2) is 18.2 Å². The largest absolute Gasteiger partial charge is 0.434 e. The van der Waals surface area contributed by atoms with Crippen LogP contribution in [-0.4, -0.2) is 17.3 Å². The minimum Gasteiger partial charge on any atom is -0.434 e. The monoisotopic (exact) mass is 230 g/mol. The van der Waals surface area contributed by atoms with Crippen LogP contribution in [0.1, 0.15) is 25.0 Å². The van der Waals surface area contributed by atoms with Crippen LogP contribution in [0.5, 0.6) is 5.75 Å². The maximum Gasteiger partial charge on any atom is 0.387 e. The standard InChI is InChI=1S/C12H16F2O2/c1-8-5-4-6-9(7-12(2,3)15)10(8)16-11(13)14/h4-6,11,15H,7H2,1-3H3. The van der Waals surface area contributed by atoms with Crippen LogP contribution in [0.3, 0.4) is 0 Å². The van der Waals surface area contributed by atoms with Gasteiger partial charge in [0.25, 0.3) is 0 Å². The average Bonchev–Trinajstić information content (AvgIpc) is 2.08. The third-order valence-corrected chi connectivity index (χ3v) is 2.12. The smallest absolute Gasteiger partial charge is 0.387 e. The average molecular weight is 230 g/mol. The highest BCUT2D eigenvalue weighted by atomic mass is 19.3. The van der Waals surface area contributed by atoms with E-state index in [1.165, 1.54) is 0 Å². The van der Waals surface area contributed by atoms with Crippen molar-refractivity contribution in [1.29, 1.82) is 0 Å². The molecule has 0 aliphatic carbocycles. The van der Waals surface area contributed by atoms with E-state index in [1.54, 1.807) is 39.0 Å². The van der Waals surface area contributed by atoms with Crippen molar-refractivity contribution in [3.8, 4) is 5.75 Å². The van der Waals surface area contributed by atoms with Crippen molar-refractivity contribution in [3.63, 3.8) is 0 Å². The summed E-state index contributed by atoms with van der Waals surface area (Å²) in [6.07, 6.45) is 0.275. The van der Waals surface area contributed by atoms with Crippen LogP contribution >= 0.6 is 0 Å². The van der Waals surface area contributed by atoms with E-state index >= 15 is 0 Å². The molecule has 16 heavy (non-hydrogen) atoms. The number of ether oxygens (including phenoxy) is 1. The highest BCUT2D eigenvalue weighted by Gasteiger charge is 2.19. The van der Waals surface area contributed by atoms with E-state index in [-0.39, 0.29) is 12.2 Å². The molecule has 4 heteroatoms. The van der Waals surface area contributed by atoms with Gasteiger partial charge < -0.3 is 9.84 Å². The second-order valence-corrected chi connectivity index (χ2v) is 4.43. The molecule has 1 aromatic carbocycles. The molecule has 0 unspecified atom stereocenters. The molecule has 1 aromatic rings. The molecule has 0 bridgehead atoms. The van der Waals surface area contributed by atoms with E-state index < -0.39 is 12.2 Å². The molecule has 0 saturated heterocycles. The van der Waals surface area contributed by atoms with Gasteiger partial charge in [-0.25, -0.2) is 0 Å². The molecule has 2 nitrogen and oxygen atoms in total. The Bertz CT molecular complexity index is 357. The van der Waals surface area contributed by atoms with Crippen molar-refractivity contribution >= 4 is 0 Å². The molecule has 0 saturated carbocycles. The van der Waals surface area contributed by atoms with Gasteiger partial charge in [-0.1, -0.05) is 18.2 Å². The summed E-state index contributed by atoms with van der Waals surface area (Å²) in [7, 11) is 0. The van der Waals surface area contributed by atoms with Gasteiger partial charge >= 0.3 is 6.61 Å². The van der Waals surface area contributed by atoms with Gasteiger partial charge in [-0.05, 0) is 31.9 Å². The van der Waals surface area contributed by atoms with Crippen LogP contribution in [0, 0.1) is 6.92 Å². The maximum atomic E-state index is 12.2. The number of halogens is 2. The molecular weight excluding hydrogens is 214 g/mol. The fourth-order valence-electron chi connectivity index (χ4n) is 1.58. The molecule has 0 aliphatic rings. The quantitative estimate of drug-likeness (QED) is 0.861. The molecule has 0 fully saturated rings. The predicted molar refractivity (Wildman–Crippen MR) is 57.8 cm³/mol. The first-order chi connectivity index (χ1) is 7.29. The molecule has 0 radical (unpaired) electrons. The first-order valence-corrected chi connectivity index (χ1v) is 5.05. The second kappa shape index (κ2) is 4.78. The SMILES string of the molecule is Cc1cccc(CC(C)(C)O)c1OC(F)F. The molecule has 0 heterocycles. The molecule has 0 aromatic heterocycles. The van der Waals surface area contributed by atoms with Gasteiger partial charge in [-0.2, -0.15) is 8.78 Å². The zero-order valence-electron chi connectivity index (χ0n) is 9.63. The van der Waals surface area contributed by atoms with E-state index in [0.29, 0.717) is 11.1 Å². The Balaban J connectivity index is 3.03. The summed E-state index contributed by atoms with van der Waals surface area (Å²) in [5.41, 5.74) is 0.281. The highest BCUT2D eigenvalue weighted by Crippen LogP contribution is 2.28.